The fourth-order valence-electron chi connectivity index (χ4n) is 4.35. The maximum atomic E-state index is 4.34. The highest BCUT2D eigenvalue weighted by Crippen LogP contribution is 2.35. The van der Waals surface area contributed by atoms with Gasteiger partial charge >= 0.3 is 0 Å². The second-order valence-corrected chi connectivity index (χ2v) is 10.0. The van der Waals surface area contributed by atoms with Crippen LogP contribution in [-0.4, -0.2) is 45.8 Å². The monoisotopic (exact) mass is 479 g/mol. The number of anilines is 2. The molecule has 2 rings (SSSR count). The number of nitrogens with one attached hydrogen (secondary N) is 4. The highest BCUT2D eigenvalue weighted by atomic mass is 15.2. The molecule has 1 fully saturated rings. The van der Waals surface area contributed by atoms with E-state index in [1.807, 2.05) is 7.05 Å². The third-order valence-corrected chi connectivity index (χ3v) is 6.70. The average Bonchev–Trinajstić information content (AvgIpc) is 3.16. The summed E-state index contributed by atoms with van der Waals surface area (Å²) < 4.78 is 0. The van der Waals surface area contributed by atoms with Crippen LogP contribution in [0.25, 0.3) is 5.70 Å². The molecule has 1 atom stereocenters. The Morgan fingerprint density at radius 1 is 1.09 bits per heavy atom. The predicted octanol–water partition coefficient (Wildman–Crippen LogP) is 6.05. The van der Waals surface area contributed by atoms with Gasteiger partial charge in [-0.15, -0.1) is 0 Å². The van der Waals surface area contributed by atoms with Crippen molar-refractivity contribution in [3.05, 3.63) is 65.4 Å². The fraction of sp³-hybridized carbons (Fsp3) is 0.533. The first kappa shape index (κ1) is 28.7. The molecule has 1 aliphatic rings. The smallest absolute Gasteiger partial charge is 0.0455 e. The first-order valence-electron chi connectivity index (χ1n) is 13.2. The second-order valence-electron chi connectivity index (χ2n) is 10.0. The van der Waals surface area contributed by atoms with Gasteiger partial charge in [-0.1, -0.05) is 36.0 Å². The Kier molecular flexibility index (Phi) is 12.1. The molecule has 0 saturated carbocycles. The van der Waals surface area contributed by atoms with Crippen molar-refractivity contribution >= 4 is 17.1 Å². The van der Waals surface area contributed by atoms with E-state index in [1.165, 1.54) is 28.1 Å². The molecule has 0 spiro atoms. The Labute approximate surface area is 214 Å². The molecule has 35 heavy (non-hydrogen) atoms. The highest BCUT2D eigenvalue weighted by molar-refractivity contribution is 5.78. The summed E-state index contributed by atoms with van der Waals surface area (Å²) in [7, 11) is 1.98. The van der Waals surface area contributed by atoms with E-state index in [0.29, 0.717) is 6.04 Å². The Bertz CT molecular complexity index is 907. The van der Waals surface area contributed by atoms with Gasteiger partial charge in [0.05, 0.1) is 0 Å². The molecule has 1 aliphatic heterocycles. The molecule has 5 heteroatoms. The number of likely N-dealkylation sites (N-methyl/N-ethyl adjacent to an activating group) is 1. The van der Waals surface area contributed by atoms with Crippen molar-refractivity contribution in [1.29, 1.82) is 0 Å². The lowest BCUT2D eigenvalue weighted by Gasteiger charge is -2.27. The van der Waals surface area contributed by atoms with Gasteiger partial charge in [-0.2, -0.15) is 0 Å². The number of hydrogen-bond acceptors (Lipinski definition) is 5. The van der Waals surface area contributed by atoms with E-state index in [1.54, 1.807) is 0 Å². The van der Waals surface area contributed by atoms with Crippen molar-refractivity contribution in [3.63, 3.8) is 0 Å². The van der Waals surface area contributed by atoms with Crippen molar-refractivity contribution in [2.75, 3.05) is 50.0 Å². The van der Waals surface area contributed by atoms with Gasteiger partial charge in [-0.05, 0) is 92.1 Å². The van der Waals surface area contributed by atoms with Crippen LogP contribution in [0.4, 0.5) is 11.4 Å². The summed E-state index contributed by atoms with van der Waals surface area (Å²) >= 11 is 0. The molecular weight excluding hydrogens is 430 g/mol. The average molecular weight is 480 g/mol. The highest BCUT2D eigenvalue weighted by Gasteiger charge is 2.25. The third kappa shape index (κ3) is 9.23. The number of unbranched alkanes of at least 4 members (excludes halogenated alkanes) is 1. The van der Waals surface area contributed by atoms with Gasteiger partial charge in [0.1, 0.15) is 0 Å². The Morgan fingerprint density at radius 2 is 1.83 bits per heavy atom. The number of benzene rings is 1. The minimum absolute atomic E-state index is 0.490. The number of nitrogens with zero attached hydrogens (tertiary/aromatic N) is 1. The minimum Gasteiger partial charge on any atom is -0.385 e. The van der Waals surface area contributed by atoms with Crippen molar-refractivity contribution in [2.24, 2.45) is 0 Å². The maximum absolute atomic E-state index is 4.34. The van der Waals surface area contributed by atoms with Gasteiger partial charge in [-0.25, -0.2) is 0 Å². The van der Waals surface area contributed by atoms with Gasteiger partial charge in [-0.3, -0.25) is 0 Å². The molecule has 1 saturated heterocycles. The zero-order chi connectivity index (χ0) is 25.8. The van der Waals surface area contributed by atoms with Crippen LogP contribution in [0.15, 0.2) is 59.8 Å². The normalized spacial score (nSPS) is 15.9. The molecule has 4 N–H and O–H groups in total. The van der Waals surface area contributed by atoms with E-state index in [9.17, 15) is 0 Å². The summed E-state index contributed by atoms with van der Waals surface area (Å²) in [6, 6.07) is 7.14. The standard InChI is InChI=1S/C30H49N5/c1-22(2)24(4)19-23(3)21-32-15-9-10-16-33-27(7)29-14-13-28(20-30(29)34-18-17-31-8)35-25(5)11-12-26(35)6/h13-14,19-20,26,31-34H,5,7,9-12,15-18,21H2,1-4,6,8H3/b23-19-. The van der Waals surface area contributed by atoms with Crippen LogP contribution in [0.3, 0.4) is 0 Å². The Morgan fingerprint density at radius 3 is 2.49 bits per heavy atom. The zero-order valence-corrected chi connectivity index (χ0v) is 23.1. The van der Waals surface area contributed by atoms with E-state index < -0.39 is 0 Å². The van der Waals surface area contributed by atoms with Crippen LogP contribution < -0.4 is 26.2 Å². The van der Waals surface area contributed by atoms with Crippen molar-refractivity contribution in [3.8, 4) is 0 Å². The molecule has 194 valence electrons. The molecule has 0 radical (unpaired) electrons. The Hall–Kier alpha value is -2.50. The molecule has 1 aromatic carbocycles. The van der Waals surface area contributed by atoms with Crippen LogP contribution >= 0.6 is 0 Å². The first-order valence-corrected chi connectivity index (χ1v) is 13.2. The quantitative estimate of drug-likeness (QED) is 0.182. The summed E-state index contributed by atoms with van der Waals surface area (Å²) in [6.07, 6.45) is 6.75. The SMILES string of the molecule is C=C(NCCCCNC/C(C)=C\C(C)=C(C)C)c1ccc(N2C(=C)CCC2C)cc1NCCNC. The summed E-state index contributed by atoms with van der Waals surface area (Å²) in [5, 5.41) is 13.9. The zero-order valence-electron chi connectivity index (χ0n) is 23.1. The van der Waals surface area contributed by atoms with Gasteiger partial charge in [0.15, 0.2) is 0 Å². The van der Waals surface area contributed by atoms with E-state index in [0.717, 1.165) is 75.4 Å². The molecule has 0 amide bonds. The first-order chi connectivity index (χ1) is 16.7. The topological polar surface area (TPSA) is 51.4 Å². The van der Waals surface area contributed by atoms with Crippen LogP contribution in [0.1, 0.15) is 65.9 Å². The van der Waals surface area contributed by atoms with Crippen molar-refractivity contribution < 1.29 is 0 Å². The summed E-state index contributed by atoms with van der Waals surface area (Å²) in [4.78, 5) is 2.37. The summed E-state index contributed by atoms with van der Waals surface area (Å²) in [5.41, 5.74) is 9.76. The molecule has 1 aromatic rings. The van der Waals surface area contributed by atoms with Gasteiger partial charge in [0, 0.05) is 60.6 Å². The lowest BCUT2D eigenvalue weighted by Crippen LogP contribution is -2.25. The van der Waals surface area contributed by atoms with Crippen LogP contribution in [-0.2, 0) is 0 Å². The minimum atomic E-state index is 0.490. The lowest BCUT2D eigenvalue weighted by molar-refractivity contribution is 0.635. The molecule has 0 bridgehead atoms. The van der Waals surface area contributed by atoms with E-state index >= 15 is 0 Å². The molecule has 1 heterocycles. The summed E-state index contributed by atoms with van der Waals surface area (Å²) in [6.45, 7) is 24.3. The van der Waals surface area contributed by atoms with Crippen molar-refractivity contribution in [1.82, 2.24) is 16.0 Å². The second kappa shape index (κ2) is 14.8. The third-order valence-electron chi connectivity index (χ3n) is 6.70. The van der Waals surface area contributed by atoms with E-state index in [2.05, 4.69) is 98.2 Å². The van der Waals surface area contributed by atoms with Crippen LogP contribution in [0.5, 0.6) is 0 Å². The molecule has 1 unspecified atom stereocenters. The predicted molar refractivity (Wildman–Crippen MR) is 156 cm³/mol. The van der Waals surface area contributed by atoms with E-state index in [4.69, 9.17) is 0 Å². The largest absolute Gasteiger partial charge is 0.385 e. The number of hydrogen-bond donors (Lipinski definition) is 4. The number of rotatable bonds is 15. The van der Waals surface area contributed by atoms with Gasteiger partial charge < -0.3 is 26.2 Å². The molecule has 0 aromatic heterocycles. The van der Waals surface area contributed by atoms with Crippen LogP contribution in [0.2, 0.25) is 0 Å². The fourth-order valence-corrected chi connectivity index (χ4v) is 4.35. The lowest BCUT2D eigenvalue weighted by atomic mass is 10.1. The van der Waals surface area contributed by atoms with Crippen molar-refractivity contribution in [2.45, 2.75) is 66.3 Å². The summed E-state index contributed by atoms with van der Waals surface area (Å²) in [5.74, 6) is 0. The molecule has 0 aliphatic carbocycles. The van der Waals surface area contributed by atoms with Gasteiger partial charge in [0.2, 0.25) is 0 Å². The van der Waals surface area contributed by atoms with Gasteiger partial charge in [0.25, 0.3) is 0 Å². The number of allylic oxidation sites excluding steroid dienone is 4. The Balaban J connectivity index is 1.86. The van der Waals surface area contributed by atoms with Crippen LogP contribution in [0, 0.1) is 0 Å². The molecule has 5 nitrogen and oxygen atoms in total. The molecular formula is C30H49N5. The maximum Gasteiger partial charge on any atom is 0.0455 e. The van der Waals surface area contributed by atoms with E-state index in [-0.39, 0.29) is 0 Å².